The normalized spacial score (nSPS) is 0. The second-order valence-corrected chi connectivity index (χ2v) is 0. The van der Waals surface area contributed by atoms with Gasteiger partial charge in [-0.3, -0.25) is 0 Å². The van der Waals surface area contributed by atoms with Crippen molar-refractivity contribution in [3.63, 3.8) is 0 Å². The summed E-state index contributed by atoms with van der Waals surface area (Å²) in [6.45, 7) is 0. The number of hydrogen-bond acceptors (Lipinski definition) is 0. The summed E-state index contributed by atoms with van der Waals surface area (Å²) >= 11 is 0. The van der Waals surface area contributed by atoms with E-state index < -0.39 is 0 Å². The minimum atomic E-state index is 0. The molecule has 23 valence electrons. The Hall–Kier alpha value is 1.53. The Morgan fingerprint density at radius 3 is 0.750 bits per heavy atom. The van der Waals surface area contributed by atoms with Gasteiger partial charge in [-0.2, -0.15) is 0 Å². The maximum Gasteiger partial charge on any atom is 3.00 e. The molecule has 0 amide bonds. The van der Waals surface area contributed by atoms with Gasteiger partial charge in [-0.05, 0) is 0 Å². The summed E-state index contributed by atoms with van der Waals surface area (Å²) < 4.78 is 0. The third-order valence-corrected chi connectivity index (χ3v) is 0. The van der Waals surface area contributed by atoms with Crippen molar-refractivity contribution in [3.05, 3.63) is 0 Å². The monoisotopic (exact) mass is 180 g/mol. The van der Waals surface area contributed by atoms with Crippen LogP contribution in [0.25, 0.3) is 0 Å². The van der Waals surface area contributed by atoms with Crippen molar-refractivity contribution in [3.8, 4) is 0 Å². The predicted molar refractivity (Wildman–Crippen MR) is 0.686 cm³/mol. The van der Waals surface area contributed by atoms with Crippen LogP contribution < -0.4 is 0 Å². The molecular formula is CrFe2O+5. The van der Waals surface area contributed by atoms with E-state index in [-0.39, 0.29) is 57.0 Å². The first-order chi connectivity index (χ1) is 0. The van der Waals surface area contributed by atoms with Crippen molar-refractivity contribution in [2.75, 3.05) is 0 Å². The van der Waals surface area contributed by atoms with E-state index in [9.17, 15) is 0 Å². The molecule has 0 N–H and O–H groups in total. The van der Waals surface area contributed by atoms with Gasteiger partial charge in [0.25, 0.3) is 0 Å². The summed E-state index contributed by atoms with van der Waals surface area (Å²) in [6, 6.07) is 0. The molecular weight excluding hydrogens is 180 g/mol. The maximum atomic E-state index is 0. The second kappa shape index (κ2) is 24.1. The molecule has 4 heteroatoms. The summed E-state index contributed by atoms with van der Waals surface area (Å²) in [4.78, 5) is 0. The van der Waals surface area contributed by atoms with Gasteiger partial charge in [0, 0.05) is 0 Å². The van der Waals surface area contributed by atoms with Gasteiger partial charge in [0.15, 0.2) is 0 Å². The van der Waals surface area contributed by atoms with E-state index in [0.29, 0.717) is 0 Å². The molecule has 0 aromatic carbocycles. The van der Waals surface area contributed by atoms with E-state index in [2.05, 4.69) is 0 Å². The van der Waals surface area contributed by atoms with Crippen LogP contribution >= 0.6 is 0 Å². The van der Waals surface area contributed by atoms with Crippen LogP contribution in [0.3, 0.4) is 0 Å². The van der Waals surface area contributed by atoms with Crippen molar-refractivity contribution in [2.24, 2.45) is 0 Å². The zero-order valence-electron chi connectivity index (χ0n) is 1.52. The minimum Gasteiger partial charge on any atom is -2.00 e. The van der Waals surface area contributed by atoms with Crippen LogP contribution in [-0.4, -0.2) is 0 Å². The Bertz CT molecular complexity index is 6.00. The molecule has 1 radical (unpaired) electrons. The third-order valence-electron chi connectivity index (χ3n) is 0. The molecule has 4 heavy (non-hydrogen) atoms. The molecule has 0 aliphatic rings. The second-order valence-electron chi connectivity index (χ2n) is 0. The Kier molecular flexibility index (Phi) is 292. The fourth-order valence-electron chi connectivity index (χ4n) is 0. The maximum absolute atomic E-state index is 0. The quantitative estimate of drug-likeness (QED) is 0.464. The summed E-state index contributed by atoms with van der Waals surface area (Å²) in [5.41, 5.74) is 0. The van der Waals surface area contributed by atoms with Crippen LogP contribution in [0.15, 0.2) is 0 Å². The van der Waals surface area contributed by atoms with Crippen molar-refractivity contribution in [2.45, 2.75) is 0 Å². The summed E-state index contributed by atoms with van der Waals surface area (Å²) in [6.07, 6.45) is 0. The predicted octanol–water partition coefficient (Wildman–Crippen LogP) is -0.126. The zero-order valence-corrected chi connectivity index (χ0v) is 5.01. The fraction of sp³-hybridized carbons (Fsp3) is 0. The van der Waals surface area contributed by atoms with Gasteiger partial charge in [-0.15, -0.1) is 0 Å². The Morgan fingerprint density at radius 1 is 0.750 bits per heavy atom. The molecule has 0 bridgehead atoms. The average Bonchev–Trinajstić information content (AvgIpc) is 0. The van der Waals surface area contributed by atoms with E-state index in [1.807, 2.05) is 0 Å². The molecule has 0 aliphatic heterocycles. The van der Waals surface area contributed by atoms with Crippen LogP contribution in [0.2, 0.25) is 0 Å². The number of hydrogen-bond donors (Lipinski definition) is 0. The molecule has 0 heterocycles. The van der Waals surface area contributed by atoms with Crippen LogP contribution in [0, 0.1) is 0 Å². The Balaban J connectivity index is 0. The first kappa shape index (κ1) is 48.4. The van der Waals surface area contributed by atoms with Crippen molar-refractivity contribution >= 4 is 0 Å². The van der Waals surface area contributed by atoms with Gasteiger partial charge in [-0.25, -0.2) is 0 Å². The molecule has 0 saturated carbocycles. The molecule has 0 saturated heterocycles. The molecule has 0 aromatic rings. The van der Waals surface area contributed by atoms with E-state index in [0.717, 1.165) is 0 Å². The minimum absolute atomic E-state index is 0. The zero-order chi connectivity index (χ0) is 0. The molecule has 0 aromatic heterocycles. The van der Waals surface area contributed by atoms with E-state index >= 15 is 0 Å². The molecule has 0 rings (SSSR count). The van der Waals surface area contributed by atoms with Crippen LogP contribution in [0.5, 0.6) is 0 Å². The topological polar surface area (TPSA) is 28.5 Å². The van der Waals surface area contributed by atoms with Crippen LogP contribution in [0.4, 0.5) is 0 Å². The van der Waals surface area contributed by atoms with E-state index in [1.54, 1.807) is 0 Å². The van der Waals surface area contributed by atoms with Gasteiger partial charge < -0.3 is 5.48 Å². The van der Waals surface area contributed by atoms with E-state index in [1.165, 1.54) is 0 Å². The Morgan fingerprint density at radius 2 is 0.750 bits per heavy atom. The first-order valence-electron chi connectivity index (χ1n) is 0. The van der Waals surface area contributed by atoms with Gasteiger partial charge in [0.05, 0.1) is 0 Å². The standard InChI is InChI=1S/Cr.2Fe.O/q+3;2*+2;-2. The molecule has 0 atom stereocenters. The van der Waals surface area contributed by atoms with Gasteiger partial charge in [-0.1, -0.05) is 0 Å². The largest absolute Gasteiger partial charge is 3.00 e. The van der Waals surface area contributed by atoms with Crippen molar-refractivity contribution < 1.29 is 57.0 Å². The third kappa shape index (κ3) is 9.65. The Labute approximate surface area is 56.9 Å². The number of rotatable bonds is 0. The molecule has 0 spiro atoms. The van der Waals surface area contributed by atoms with Crippen LogP contribution in [-0.2, 0) is 57.0 Å². The van der Waals surface area contributed by atoms with Gasteiger partial charge in [0.1, 0.15) is 0 Å². The first-order valence-corrected chi connectivity index (χ1v) is 0. The molecule has 0 unspecified atom stereocenters. The average molecular weight is 180 g/mol. The molecule has 0 fully saturated rings. The van der Waals surface area contributed by atoms with Crippen molar-refractivity contribution in [1.82, 2.24) is 0 Å². The summed E-state index contributed by atoms with van der Waals surface area (Å²) in [5, 5.41) is 0. The molecule has 0 aliphatic carbocycles. The van der Waals surface area contributed by atoms with Crippen molar-refractivity contribution in [1.29, 1.82) is 0 Å². The van der Waals surface area contributed by atoms with Gasteiger partial charge in [0.2, 0.25) is 0 Å². The van der Waals surface area contributed by atoms with Crippen LogP contribution in [0.1, 0.15) is 0 Å². The smallest absolute Gasteiger partial charge is 2.00 e. The SMILES string of the molecule is [Cr+3].[Fe+2].[Fe+2].[O-2]. The summed E-state index contributed by atoms with van der Waals surface area (Å²) in [5.74, 6) is 0. The summed E-state index contributed by atoms with van der Waals surface area (Å²) in [7, 11) is 0. The fourth-order valence-corrected chi connectivity index (χ4v) is 0. The molecule has 1 nitrogen and oxygen atoms in total. The van der Waals surface area contributed by atoms with Gasteiger partial charge >= 0.3 is 51.5 Å². The van der Waals surface area contributed by atoms with E-state index in [4.69, 9.17) is 0 Å².